The van der Waals surface area contributed by atoms with Crippen LogP contribution in [0.4, 0.5) is 0 Å². The molecule has 0 N–H and O–H groups in total. The summed E-state index contributed by atoms with van der Waals surface area (Å²) in [6, 6.07) is 7.40. The summed E-state index contributed by atoms with van der Waals surface area (Å²) in [5.41, 5.74) is 2.07. The monoisotopic (exact) mass is 362 g/mol. The van der Waals surface area contributed by atoms with Crippen LogP contribution in [0.1, 0.15) is 40.2 Å². The molecular weight excluding hydrogens is 340 g/mol. The van der Waals surface area contributed by atoms with E-state index >= 15 is 0 Å². The summed E-state index contributed by atoms with van der Waals surface area (Å²) >= 11 is 0. The van der Waals surface area contributed by atoms with Gasteiger partial charge in [-0.25, -0.2) is 8.42 Å². The molecule has 0 saturated carbocycles. The summed E-state index contributed by atoms with van der Waals surface area (Å²) in [6.07, 6.45) is 1.35. The Morgan fingerprint density at radius 3 is 2.48 bits per heavy atom. The number of Topliss-reactive ketones (excluding diaryl/α,β-unsaturated/α-hetero) is 1. The van der Waals surface area contributed by atoms with E-state index in [-0.39, 0.29) is 28.9 Å². The highest BCUT2D eigenvalue weighted by atomic mass is 32.2. The molecule has 1 aromatic heterocycles. The van der Waals surface area contributed by atoms with Gasteiger partial charge >= 0.3 is 0 Å². The fraction of sp³-hybridized carbons (Fsp3) is 0.444. The van der Waals surface area contributed by atoms with Gasteiger partial charge in [-0.2, -0.15) is 4.31 Å². The van der Waals surface area contributed by atoms with Crippen molar-refractivity contribution in [3.8, 4) is 0 Å². The van der Waals surface area contributed by atoms with Crippen LogP contribution in [-0.2, 0) is 10.0 Å². The first-order chi connectivity index (χ1) is 11.8. The van der Waals surface area contributed by atoms with Gasteiger partial charge in [0.05, 0.1) is 0 Å². The number of piperidine rings is 1. The van der Waals surface area contributed by atoms with Crippen molar-refractivity contribution in [2.75, 3.05) is 13.1 Å². The first-order valence-electron chi connectivity index (χ1n) is 8.34. The van der Waals surface area contributed by atoms with E-state index in [9.17, 15) is 13.2 Å². The number of nitrogens with zero attached hydrogens (tertiary/aromatic N) is 2. The average Bonchev–Trinajstić information content (AvgIpc) is 2.94. The highest BCUT2D eigenvalue weighted by Crippen LogP contribution is 2.29. The molecule has 2 aromatic rings. The maximum Gasteiger partial charge on any atom is 0.248 e. The van der Waals surface area contributed by atoms with Crippen molar-refractivity contribution in [3.63, 3.8) is 0 Å². The van der Waals surface area contributed by atoms with E-state index in [4.69, 9.17) is 4.52 Å². The van der Waals surface area contributed by atoms with Crippen LogP contribution in [0.5, 0.6) is 0 Å². The Morgan fingerprint density at radius 2 is 1.88 bits per heavy atom. The van der Waals surface area contributed by atoms with Gasteiger partial charge in [0, 0.05) is 24.6 Å². The maximum absolute atomic E-state index is 13.0. The summed E-state index contributed by atoms with van der Waals surface area (Å²) in [5, 5.41) is 3.74. The first-order valence-corrected chi connectivity index (χ1v) is 9.78. The van der Waals surface area contributed by atoms with Gasteiger partial charge in [0.25, 0.3) is 0 Å². The summed E-state index contributed by atoms with van der Waals surface area (Å²) < 4.78 is 32.3. The third-order valence-corrected chi connectivity index (χ3v) is 6.77. The van der Waals surface area contributed by atoms with Crippen LogP contribution in [0, 0.1) is 26.7 Å². The molecular formula is C18H22N2O4S. The molecule has 1 aromatic carbocycles. The van der Waals surface area contributed by atoms with Gasteiger partial charge in [0.2, 0.25) is 10.0 Å². The minimum absolute atomic E-state index is 0.00124. The minimum Gasteiger partial charge on any atom is -0.360 e. The fourth-order valence-corrected chi connectivity index (χ4v) is 5.12. The fourth-order valence-electron chi connectivity index (χ4n) is 3.30. The zero-order valence-corrected chi connectivity index (χ0v) is 15.5. The number of rotatable bonds is 4. The summed E-state index contributed by atoms with van der Waals surface area (Å²) in [4.78, 5) is 12.9. The quantitative estimate of drug-likeness (QED) is 0.781. The molecule has 0 spiro atoms. The van der Waals surface area contributed by atoms with Gasteiger partial charge in [0.1, 0.15) is 10.6 Å². The van der Waals surface area contributed by atoms with Crippen LogP contribution >= 0.6 is 0 Å². The third-order valence-electron chi connectivity index (χ3n) is 4.66. The van der Waals surface area contributed by atoms with Crippen LogP contribution in [0.15, 0.2) is 33.7 Å². The predicted molar refractivity (Wildman–Crippen MR) is 93.0 cm³/mol. The molecule has 7 heteroatoms. The second-order valence-corrected chi connectivity index (χ2v) is 8.46. The number of hydrogen-bond acceptors (Lipinski definition) is 5. The van der Waals surface area contributed by atoms with Crippen LogP contribution in [0.2, 0.25) is 0 Å². The Kier molecular flexibility index (Phi) is 4.79. The van der Waals surface area contributed by atoms with E-state index in [0.29, 0.717) is 30.6 Å². The lowest BCUT2D eigenvalue weighted by Gasteiger charge is -2.31. The number of benzene rings is 1. The van der Waals surface area contributed by atoms with Crippen LogP contribution in [0.3, 0.4) is 0 Å². The van der Waals surface area contributed by atoms with Crippen molar-refractivity contribution in [1.82, 2.24) is 9.46 Å². The van der Waals surface area contributed by atoms with E-state index in [1.807, 2.05) is 19.1 Å². The van der Waals surface area contributed by atoms with Crippen molar-refractivity contribution in [3.05, 3.63) is 46.8 Å². The zero-order valence-electron chi connectivity index (χ0n) is 14.7. The number of aryl methyl sites for hydroxylation is 3. The summed E-state index contributed by atoms with van der Waals surface area (Å²) in [6.45, 7) is 5.77. The average molecular weight is 362 g/mol. The van der Waals surface area contributed by atoms with E-state index in [0.717, 1.165) is 5.56 Å². The minimum atomic E-state index is -3.71. The number of sulfonamides is 1. The second-order valence-electron chi connectivity index (χ2n) is 6.59. The highest BCUT2D eigenvalue weighted by molar-refractivity contribution is 7.89. The number of ketones is 1. The predicted octanol–water partition coefficient (Wildman–Crippen LogP) is 2.88. The normalized spacial score (nSPS) is 19.1. The van der Waals surface area contributed by atoms with Crippen LogP contribution in [-0.4, -0.2) is 36.8 Å². The molecule has 0 bridgehead atoms. The maximum atomic E-state index is 13.0. The Balaban J connectivity index is 1.83. The molecule has 3 rings (SSSR count). The van der Waals surface area contributed by atoms with Crippen molar-refractivity contribution >= 4 is 15.8 Å². The van der Waals surface area contributed by atoms with Gasteiger partial charge in [-0.1, -0.05) is 35.0 Å². The lowest BCUT2D eigenvalue weighted by molar-refractivity contribution is 0.0872. The molecule has 1 saturated heterocycles. The molecule has 0 radical (unpaired) electrons. The first kappa shape index (κ1) is 17.8. The smallest absolute Gasteiger partial charge is 0.248 e. The van der Waals surface area contributed by atoms with Crippen molar-refractivity contribution in [1.29, 1.82) is 0 Å². The molecule has 25 heavy (non-hydrogen) atoms. The standard InChI is InChI=1S/C18H22N2O4S/c1-12-6-8-15(9-7-12)17(21)16-5-4-10-20(11-16)25(22,23)18-13(2)19-24-14(18)3/h6-9,16H,4-5,10-11H2,1-3H3. The third kappa shape index (κ3) is 3.39. The van der Waals surface area contributed by atoms with Gasteiger partial charge < -0.3 is 4.52 Å². The van der Waals surface area contributed by atoms with Gasteiger partial charge in [0.15, 0.2) is 11.5 Å². The van der Waals surface area contributed by atoms with E-state index in [1.165, 1.54) is 4.31 Å². The lowest BCUT2D eigenvalue weighted by Crippen LogP contribution is -2.42. The van der Waals surface area contributed by atoms with Crippen molar-refractivity contribution in [2.45, 2.75) is 38.5 Å². The molecule has 6 nitrogen and oxygen atoms in total. The van der Waals surface area contributed by atoms with E-state index in [2.05, 4.69) is 5.16 Å². The molecule has 0 amide bonds. The Morgan fingerprint density at radius 1 is 1.20 bits per heavy atom. The molecule has 2 heterocycles. The number of carbonyl (C=O) groups is 1. The van der Waals surface area contributed by atoms with Gasteiger partial charge in [-0.05, 0) is 33.6 Å². The van der Waals surface area contributed by atoms with E-state index in [1.54, 1.807) is 26.0 Å². The molecule has 134 valence electrons. The van der Waals surface area contributed by atoms with Crippen molar-refractivity contribution in [2.24, 2.45) is 5.92 Å². The van der Waals surface area contributed by atoms with Crippen LogP contribution in [0.25, 0.3) is 0 Å². The number of carbonyl (C=O) groups excluding carboxylic acids is 1. The lowest BCUT2D eigenvalue weighted by atomic mass is 9.91. The molecule has 1 aliphatic heterocycles. The number of aromatic nitrogens is 1. The Labute approximate surface area is 147 Å². The van der Waals surface area contributed by atoms with Crippen LogP contribution < -0.4 is 0 Å². The second kappa shape index (κ2) is 6.72. The SMILES string of the molecule is Cc1ccc(C(=O)C2CCCN(S(=O)(=O)c3c(C)noc3C)C2)cc1. The largest absolute Gasteiger partial charge is 0.360 e. The van der Waals surface area contributed by atoms with Gasteiger partial charge in [-0.15, -0.1) is 0 Å². The summed E-state index contributed by atoms with van der Waals surface area (Å²) in [5.74, 6) is -0.0464. The summed E-state index contributed by atoms with van der Waals surface area (Å²) in [7, 11) is -3.71. The molecule has 1 unspecified atom stereocenters. The molecule has 0 aliphatic carbocycles. The van der Waals surface area contributed by atoms with Crippen molar-refractivity contribution < 1.29 is 17.7 Å². The zero-order chi connectivity index (χ0) is 18.2. The topological polar surface area (TPSA) is 80.5 Å². The van der Waals surface area contributed by atoms with Gasteiger partial charge in [-0.3, -0.25) is 4.79 Å². The Bertz CT molecular complexity index is 865. The Hall–Kier alpha value is -1.99. The molecule has 1 aliphatic rings. The molecule has 1 atom stereocenters. The highest BCUT2D eigenvalue weighted by Gasteiger charge is 2.36. The van der Waals surface area contributed by atoms with E-state index < -0.39 is 10.0 Å². The number of hydrogen-bond donors (Lipinski definition) is 0. The molecule has 1 fully saturated rings.